The number of hydrogen-bond donors (Lipinski definition) is 2. The summed E-state index contributed by atoms with van der Waals surface area (Å²) < 4.78 is 50.3. The zero-order chi connectivity index (χ0) is 21.6. The largest absolute Gasteiger partial charge is 0.379 e. The fourth-order valence-corrected chi connectivity index (χ4v) is 4.69. The summed E-state index contributed by atoms with van der Waals surface area (Å²) in [7, 11) is -3.93. The van der Waals surface area contributed by atoms with E-state index < -0.39 is 33.9 Å². The van der Waals surface area contributed by atoms with Gasteiger partial charge >= 0.3 is 11.8 Å². The summed E-state index contributed by atoms with van der Waals surface area (Å²) in [6.07, 6.45) is -0.954. The Kier molecular flexibility index (Phi) is 7.72. The quantitative estimate of drug-likeness (QED) is 0.504. The van der Waals surface area contributed by atoms with Crippen LogP contribution in [0.3, 0.4) is 0 Å². The first kappa shape index (κ1) is 22.6. The molecule has 3 rings (SSSR count). The Balaban J connectivity index is 1.47. The number of nitrogens with one attached hydrogen (secondary N) is 2. The van der Waals surface area contributed by atoms with E-state index in [9.17, 15) is 22.4 Å². The molecule has 2 aliphatic heterocycles. The Morgan fingerprint density at radius 2 is 1.70 bits per heavy atom. The maximum atomic E-state index is 13.1. The van der Waals surface area contributed by atoms with Crippen molar-refractivity contribution in [2.24, 2.45) is 0 Å². The van der Waals surface area contributed by atoms with Crippen LogP contribution in [0.1, 0.15) is 0 Å². The van der Waals surface area contributed by atoms with Crippen LogP contribution in [0.2, 0.25) is 0 Å². The van der Waals surface area contributed by atoms with Crippen LogP contribution in [0.4, 0.5) is 4.39 Å². The number of carbonyl (C=O) groups excluding carboxylic acids is 2. The van der Waals surface area contributed by atoms with E-state index in [1.165, 1.54) is 12.1 Å². The average Bonchev–Trinajstić information content (AvgIpc) is 3.22. The number of benzene rings is 1. The molecule has 166 valence electrons. The van der Waals surface area contributed by atoms with E-state index in [1.807, 2.05) is 0 Å². The number of hydrogen-bond acceptors (Lipinski definition) is 7. The molecule has 2 N–H and O–H groups in total. The molecular formula is C18H25FN4O6S. The van der Waals surface area contributed by atoms with Gasteiger partial charge in [0.05, 0.1) is 31.3 Å². The molecule has 0 aromatic heterocycles. The molecule has 0 bridgehead atoms. The summed E-state index contributed by atoms with van der Waals surface area (Å²) >= 11 is 0. The molecule has 0 spiro atoms. The van der Waals surface area contributed by atoms with Crippen molar-refractivity contribution in [1.29, 1.82) is 0 Å². The average molecular weight is 444 g/mol. The van der Waals surface area contributed by atoms with Crippen LogP contribution >= 0.6 is 0 Å². The van der Waals surface area contributed by atoms with Gasteiger partial charge in [0.1, 0.15) is 12.0 Å². The van der Waals surface area contributed by atoms with E-state index in [-0.39, 0.29) is 24.6 Å². The molecule has 0 saturated carbocycles. The van der Waals surface area contributed by atoms with E-state index in [1.54, 1.807) is 0 Å². The minimum Gasteiger partial charge on any atom is -0.379 e. The second kappa shape index (κ2) is 10.3. The number of carbonyl (C=O) groups is 2. The van der Waals surface area contributed by atoms with Crippen LogP contribution in [0, 0.1) is 5.82 Å². The first-order valence-electron chi connectivity index (χ1n) is 9.63. The van der Waals surface area contributed by atoms with Gasteiger partial charge in [-0.15, -0.1) is 0 Å². The molecule has 1 atom stereocenters. The van der Waals surface area contributed by atoms with Gasteiger partial charge in [-0.3, -0.25) is 14.5 Å². The van der Waals surface area contributed by atoms with Gasteiger partial charge in [-0.1, -0.05) is 0 Å². The molecule has 2 saturated heterocycles. The van der Waals surface area contributed by atoms with Crippen molar-refractivity contribution in [3.8, 4) is 0 Å². The summed E-state index contributed by atoms with van der Waals surface area (Å²) in [4.78, 5) is 26.0. The summed E-state index contributed by atoms with van der Waals surface area (Å²) in [5.41, 5.74) is 0. The summed E-state index contributed by atoms with van der Waals surface area (Å²) in [6.45, 7) is 3.82. The fraction of sp³-hybridized carbons (Fsp3) is 0.556. The van der Waals surface area contributed by atoms with Gasteiger partial charge in [-0.05, 0) is 24.3 Å². The first-order chi connectivity index (χ1) is 14.4. The highest BCUT2D eigenvalue weighted by Gasteiger charge is 2.36. The van der Waals surface area contributed by atoms with Crippen LogP contribution in [0.5, 0.6) is 0 Å². The zero-order valence-corrected chi connectivity index (χ0v) is 17.2. The number of nitrogens with zero attached hydrogens (tertiary/aromatic N) is 2. The Morgan fingerprint density at radius 3 is 2.40 bits per heavy atom. The summed E-state index contributed by atoms with van der Waals surface area (Å²) in [6, 6.07) is 4.45. The lowest BCUT2D eigenvalue weighted by molar-refractivity contribution is -0.139. The Hall–Kier alpha value is -2.12. The smallest absolute Gasteiger partial charge is 0.309 e. The Labute approximate surface area is 174 Å². The standard InChI is InChI=1S/C18H25FN4O6S/c19-14-1-3-15(4-2-14)30(26,27)23-9-12-29-16(23)13-21-18(25)17(24)20-5-6-22-7-10-28-11-8-22/h1-4,16H,5-13H2,(H,20,24)(H,21,25)/t16-/m1/s1. The number of amides is 2. The molecule has 2 heterocycles. The monoisotopic (exact) mass is 444 g/mol. The van der Waals surface area contributed by atoms with Crippen molar-refractivity contribution in [1.82, 2.24) is 19.8 Å². The van der Waals surface area contributed by atoms with Crippen LogP contribution in [0.15, 0.2) is 29.2 Å². The maximum absolute atomic E-state index is 13.1. The van der Waals surface area contributed by atoms with Crippen molar-refractivity contribution in [3.63, 3.8) is 0 Å². The van der Waals surface area contributed by atoms with Crippen molar-refractivity contribution in [2.75, 3.05) is 59.1 Å². The minimum atomic E-state index is -3.93. The molecule has 2 amide bonds. The fourth-order valence-electron chi connectivity index (χ4n) is 3.18. The maximum Gasteiger partial charge on any atom is 0.309 e. The predicted octanol–water partition coefficient (Wildman–Crippen LogP) is -1.26. The van der Waals surface area contributed by atoms with Crippen LogP contribution < -0.4 is 10.6 Å². The van der Waals surface area contributed by atoms with Gasteiger partial charge in [-0.25, -0.2) is 12.8 Å². The van der Waals surface area contributed by atoms with Gasteiger partial charge < -0.3 is 20.1 Å². The Bertz CT molecular complexity index is 845. The van der Waals surface area contributed by atoms with E-state index in [2.05, 4.69) is 15.5 Å². The third-order valence-electron chi connectivity index (χ3n) is 4.82. The molecule has 10 nitrogen and oxygen atoms in total. The van der Waals surface area contributed by atoms with E-state index >= 15 is 0 Å². The molecule has 12 heteroatoms. The van der Waals surface area contributed by atoms with Crippen LogP contribution in [-0.4, -0.2) is 94.8 Å². The second-order valence-corrected chi connectivity index (χ2v) is 8.71. The second-order valence-electron chi connectivity index (χ2n) is 6.82. The van der Waals surface area contributed by atoms with E-state index in [0.717, 1.165) is 29.5 Å². The number of sulfonamides is 1. The topological polar surface area (TPSA) is 117 Å². The van der Waals surface area contributed by atoms with Gasteiger partial charge in [0, 0.05) is 32.7 Å². The van der Waals surface area contributed by atoms with Gasteiger partial charge in [0.2, 0.25) is 10.0 Å². The molecule has 0 radical (unpaired) electrons. The molecule has 1 aromatic rings. The number of rotatable bonds is 7. The van der Waals surface area contributed by atoms with Crippen molar-refractivity contribution in [2.45, 2.75) is 11.1 Å². The van der Waals surface area contributed by atoms with Crippen LogP contribution in [-0.2, 0) is 29.1 Å². The lowest BCUT2D eigenvalue weighted by Gasteiger charge is -2.26. The predicted molar refractivity (Wildman–Crippen MR) is 103 cm³/mol. The summed E-state index contributed by atoms with van der Waals surface area (Å²) in [5, 5.41) is 4.94. The molecule has 0 aliphatic carbocycles. The third-order valence-corrected chi connectivity index (χ3v) is 6.73. The van der Waals surface area contributed by atoms with Gasteiger partial charge in [-0.2, -0.15) is 4.31 Å². The van der Waals surface area contributed by atoms with E-state index in [4.69, 9.17) is 9.47 Å². The normalized spacial score (nSPS) is 20.8. The lowest BCUT2D eigenvalue weighted by atomic mass is 10.4. The number of ether oxygens (including phenoxy) is 2. The molecule has 2 fully saturated rings. The third kappa shape index (κ3) is 5.73. The van der Waals surface area contributed by atoms with Gasteiger partial charge in [0.15, 0.2) is 0 Å². The minimum absolute atomic E-state index is 0.0772. The highest BCUT2D eigenvalue weighted by molar-refractivity contribution is 7.89. The van der Waals surface area contributed by atoms with Crippen molar-refractivity contribution in [3.05, 3.63) is 30.1 Å². The van der Waals surface area contributed by atoms with E-state index in [0.29, 0.717) is 26.3 Å². The number of morpholine rings is 1. The number of halogens is 1. The molecule has 30 heavy (non-hydrogen) atoms. The van der Waals surface area contributed by atoms with Crippen LogP contribution in [0.25, 0.3) is 0 Å². The highest BCUT2D eigenvalue weighted by atomic mass is 32.2. The SMILES string of the molecule is O=C(NCCN1CCOCC1)C(=O)NC[C@H]1OCCN1S(=O)(=O)c1ccc(F)cc1. The molecule has 2 aliphatic rings. The molecular weight excluding hydrogens is 419 g/mol. The Morgan fingerprint density at radius 1 is 1.03 bits per heavy atom. The molecule has 1 aromatic carbocycles. The summed E-state index contributed by atoms with van der Waals surface area (Å²) in [5.74, 6) is -2.21. The first-order valence-corrected chi connectivity index (χ1v) is 11.1. The van der Waals surface area contributed by atoms with Crippen molar-refractivity contribution < 1.29 is 31.9 Å². The lowest BCUT2D eigenvalue weighted by Crippen LogP contribution is -2.48. The van der Waals surface area contributed by atoms with Crippen molar-refractivity contribution >= 4 is 21.8 Å². The molecule has 0 unspecified atom stereocenters. The zero-order valence-electron chi connectivity index (χ0n) is 16.4. The highest BCUT2D eigenvalue weighted by Crippen LogP contribution is 2.22. The van der Waals surface area contributed by atoms with Gasteiger partial charge in [0.25, 0.3) is 0 Å².